The Morgan fingerprint density at radius 3 is 2.70 bits per heavy atom. The van der Waals surface area contributed by atoms with Gasteiger partial charge in [0.25, 0.3) is 5.91 Å². The van der Waals surface area contributed by atoms with Crippen molar-refractivity contribution in [1.82, 2.24) is 15.1 Å². The highest BCUT2D eigenvalue weighted by Crippen LogP contribution is 2.27. The van der Waals surface area contributed by atoms with Gasteiger partial charge in [-0.05, 0) is 36.4 Å². The Kier molecular flexibility index (Phi) is 4.39. The predicted molar refractivity (Wildman–Crippen MR) is 98.7 cm³/mol. The summed E-state index contributed by atoms with van der Waals surface area (Å²) in [5.74, 6) is -0.354. The third-order valence-corrected chi connectivity index (χ3v) is 4.03. The Balaban J connectivity index is 1.66. The van der Waals surface area contributed by atoms with Crippen molar-refractivity contribution in [3.05, 3.63) is 71.6 Å². The molecule has 0 bridgehead atoms. The fourth-order valence-corrected chi connectivity index (χ4v) is 2.65. The Hall–Kier alpha value is -3.52. The molecule has 0 atom stereocenters. The van der Waals surface area contributed by atoms with Crippen molar-refractivity contribution >= 4 is 45.6 Å². The summed E-state index contributed by atoms with van der Waals surface area (Å²) in [5, 5.41) is 9.96. The highest BCUT2D eigenvalue weighted by molar-refractivity contribution is 6.31. The van der Waals surface area contributed by atoms with Crippen LogP contribution in [0.15, 0.2) is 59.5 Å². The van der Waals surface area contributed by atoms with Gasteiger partial charge in [-0.15, -0.1) is 0 Å². The molecule has 7 nitrogen and oxygen atoms in total. The van der Waals surface area contributed by atoms with Crippen LogP contribution >= 0.6 is 11.6 Å². The quantitative estimate of drug-likeness (QED) is 0.542. The number of benzene rings is 2. The van der Waals surface area contributed by atoms with Gasteiger partial charge in [0.15, 0.2) is 0 Å². The van der Waals surface area contributed by atoms with Gasteiger partial charge in [-0.2, -0.15) is 0 Å². The molecule has 0 fully saturated rings. The first-order chi connectivity index (χ1) is 13.1. The van der Waals surface area contributed by atoms with Gasteiger partial charge in [0.1, 0.15) is 18.0 Å². The van der Waals surface area contributed by atoms with Crippen LogP contribution in [0, 0.1) is 5.82 Å². The third-order valence-electron chi connectivity index (χ3n) is 3.74. The standard InChI is InChI=1S/C18H11ClFN5O2/c19-13-8-11(1-3-14(13)20)24-17-12-7-10(2-4-15(12)21-9-22-17)25-18(26)16-5-6-23-27-16/h1-9H,(H,25,26)(H,21,22,24). The van der Waals surface area contributed by atoms with Gasteiger partial charge in [-0.25, -0.2) is 14.4 Å². The van der Waals surface area contributed by atoms with Crippen LogP contribution < -0.4 is 10.6 Å². The number of nitrogens with zero attached hydrogens (tertiary/aromatic N) is 3. The van der Waals surface area contributed by atoms with E-state index in [2.05, 4.69) is 25.8 Å². The number of aromatic nitrogens is 3. The van der Waals surface area contributed by atoms with E-state index in [4.69, 9.17) is 16.1 Å². The molecule has 134 valence electrons. The Morgan fingerprint density at radius 1 is 1.07 bits per heavy atom. The smallest absolute Gasteiger partial charge is 0.294 e. The fraction of sp³-hybridized carbons (Fsp3) is 0. The lowest BCUT2D eigenvalue weighted by Gasteiger charge is -2.10. The number of hydrogen-bond donors (Lipinski definition) is 2. The lowest BCUT2D eigenvalue weighted by Crippen LogP contribution is -2.10. The van der Waals surface area contributed by atoms with E-state index in [9.17, 15) is 9.18 Å². The zero-order valence-electron chi connectivity index (χ0n) is 13.6. The first-order valence-corrected chi connectivity index (χ1v) is 8.17. The summed E-state index contributed by atoms with van der Waals surface area (Å²) >= 11 is 5.82. The van der Waals surface area contributed by atoms with Crippen molar-refractivity contribution in [3.8, 4) is 0 Å². The van der Waals surface area contributed by atoms with E-state index in [1.165, 1.54) is 30.7 Å². The van der Waals surface area contributed by atoms with Crippen LogP contribution in [-0.2, 0) is 0 Å². The summed E-state index contributed by atoms with van der Waals surface area (Å²) in [6.07, 6.45) is 2.79. The minimum atomic E-state index is -0.507. The molecule has 0 radical (unpaired) electrons. The minimum absolute atomic E-state index is 0.00151. The number of rotatable bonds is 4. The molecule has 27 heavy (non-hydrogen) atoms. The molecule has 0 saturated carbocycles. The zero-order chi connectivity index (χ0) is 18.8. The first kappa shape index (κ1) is 16.9. The fourth-order valence-electron chi connectivity index (χ4n) is 2.47. The van der Waals surface area contributed by atoms with Crippen molar-refractivity contribution in [2.75, 3.05) is 10.6 Å². The molecule has 0 saturated heterocycles. The van der Waals surface area contributed by atoms with Crippen LogP contribution in [0.3, 0.4) is 0 Å². The van der Waals surface area contributed by atoms with Gasteiger partial charge in [0, 0.05) is 22.8 Å². The average molecular weight is 384 g/mol. The van der Waals surface area contributed by atoms with Crippen molar-refractivity contribution in [1.29, 1.82) is 0 Å². The van der Waals surface area contributed by atoms with Gasteiger partial charge >= 0.3 is 0 Å². The van der Waals surface area contributed by atoms with Crippen LogP contribution in [0.1, 0.15) is 10.6 Å². The number of carbonyl (C=O) groups is 1. The summed E-state index contributed by atoms with van der Waals surface area (Å²) < 4.78 is 18.2. The number of hydrogen-bond acceptors (Lipinski definition) is 6. The Morgan fingerprint density at radius 2 is 1.93 bits per heavy atom. The molecule has 1 amide bonds. The Labute approximate surface area is 157 Å². The van der Waals surface area contributed by atoms with Gasteiger partial charge in [-0.3, -0.25) is 4.79 Å². The number of anilines is 3. The second-order valence-electron chi connectivity index (χ2n) is 5.54. The molecule has 0 unspecified atom stereocenters. The predicted octanol–water partition coefficient (Wildman–Crippen LogP) is 4.41. The van der Waals surface area contributed by atoms with Crippen molar-refractivity contribution < 1.29 is 13.7 Å². The second-order valence-corrected chi connectivity index (χ2v) is 5.95. The number of carbonyl (C=O) groups excluding carboxylic acids is 1. The van der Waals surface area contributed by atoms with Gasteiger partial charge in [0.2, 0.25) is 5.76 Å². The average Bonchev–Trinajstić information content (AvgIpc) is 3.20. The Bertz CT molecular complexity index is 1130. The van der Waals surface area contributed by atoms with Crippen LogP contribution in [0.25, 0.3) is 10.9 Å². The molecular weight excluding hydrogens is 373 g/mol. The van der Waals surface area contributed by atoms with E-state index in [0.29, 0.717) is 28.1 Å². The monoisotopic (exact) mass is 383 g/mol. The van der Waals surface area contributed by atoms with Crippen molar-refractivity contribution in [2.45, 2.75) is 0 Å². The molecule has 2 aromatic carbocycles. The summed E-state index contributed by atoms with van der Waals surface area (Å²) in [6.45, 7) is 0. The molecule has 4 rings (SSSR count). The summed E-state index contributed by atoms with van der Waals surface area (Å²) in [6, 6.07) is 10.9. The number of halogens is 2. The zero-order valence-corrected chi connectivity index (χ0v) is 14.4. The summed E-state index contributed by atoms with van der Waals surface area (Å²) in [5.41, 5.74) is 1.76. The topological polar surface area (TPSA) is 92.9 Å². The maximum Gasteiger partial charge on any atom is 0.294 e. The molecule has 0 aliphatic heterocycles. The van der Waals surface area contributed by atoms with E-state index < -0.39 is 11.7 Å². The molecule has 4 aromatic rings. The van der Waals surface area contributed by atoms with E-state index in [1.807, 2.05) is 0 Å². The van der Waals surface area contributed by atoms with Gasteiger partial charge < -0.3 is 15.2 Å². The number of nitrogens with one attached hydrogen (secondary N) is 2. The largest absolute Gasteiger partial charge is 0.351 e. The van der Waals surface area contributed by atoms with E-state index >= 15 is 0 Å². The molecule has 0 aliphatic rings. The molecule has 2 N–H and O–H groups in total. The van der Waals surface area contributed by atoms with Gasteiger partial charge in [-0.1, -0.05) is 16.8 Å². The van der Waals surface area contributed by atoms with E-state index in [-0.39, 0.29) is 10.8 Å². The molecule has 2 aromatic heterocycles. The summed E-state index contributed by atoms with van der Waals surface area (Å²) in [7, 11) is 0. The summed E-state index contributed by atoms with van der Waals surface area (Å²) in [4.78, 5) is 20.5. The third kappa shape index (κ3) is 3.56. The molecule has 2 heterocycles. The molecule has 0 aliphatic carbocycles. The second kappa shape index (κ2) is 7.00. The van der Waals surface area contributed by atoms with Crippen molar-refractivity contribution in [3.63, 3.8) is 0 Å². The van der Waals surface area contributed by atoms with E-state index in [0.717, 1.165) is 0 Å². The minimum Gasteiger partial charge on any atom is -0.351 e. The van der Waals surface area contributed by atoms with Crippen molar-refractivity contribution in [2.24, 2.45) is 0 Å². The highest BCUT2D eigenvalue weighted by atomic mass is 35.5. The van der Waals surface area contributed by atoms with E-state index in [1.54, 1.807) is 24.3 Å². The first-order valence-electron chi connectivity index (χ1n) is 7.79. The lowest BCUT2D eigenvalue weighted by molar-refractivity contribution is 0.0988. The number of fused-ring (bicyclic) bond motifs is 1. The highest BCUT2D eigenvalue weighted by Gasteiger charge is 2.12. The molecule has 9 heteroatoms. The van der Waals surface area contributed by atoms with Crippen LogP contribution in [0.2, 0.25) is 5.02 Å². The van der Waals surface area contributed by atoms with Crippen LogP contribution in [0.4, 0.5) is 21.6 Å². The number of amides is 1. The SMILES string of the molecule is O=C(Nc1ccc2ncnc(Nc3ccc(F)c(Cl)c3)c2c1)c1ccno1. The maximum absolute atomic E-state index is 13.3. The maximum atomic E-state index is 13.3. The molecule has 0 spiro atoms. The van der Waals surface area contributed by atoms with Crippen LogP contribution in [0.5, 0.6) is 0 Å². The van der Waals surface area contributed by atoms with Gasteiger partial charge in [0.05, 0.1) is 16.7 Å². The lowest BCUT2D eigenvalue weighted by atomic mass is 10.2. The normalized spacial score (nSPS) is 10.7. The molecular formula is C18H11ClFN5O2. The van der Waals surface area contributed by atoms with Crippen LogP contribution in [-0.4, -0.2) is 21.0 Å².